The second-order valence-electron chi connectivity index (χ2n) is 14.3. The fourth-order valence-corrected chi connectivity index (χ4v) is 7.64. The lowest BCUT2D eigenvalue weighted by Gasteiger charge is -2.22. The monoisotopic (exact) mass is 858 g/mol. The molecule has 20 heteroatoms. The van der Waals surface area contributed by atoms with Gasteiger partial charge in [-0.2, -0.15) is 0 Å². The zero-order chi connectivity index (χ0) is 42.2. The molecule has 2 amide bonds. The molecule has 4 aromatic heterocycles. The first-order valence-corrected chi connectivity index (χ1v) is 20.0. The van der Waals surface area contributed by atoms with Crippen molar-refractivity contribution in [1.29, 1.82) is 0 Å². The summed E-state index contributed by atoms with van der Waals surface area (Å²) >= 11 is 11.5. The Morgan fingerprint density at radius 2 is 1.54 bits per heavy atom. The summed E-state index contributed by atoms with van der Waals surface area (Å²) in [6.07, 6.45) is 2.70. The summed E-state index contributed by atoms with van der Waals surface area (Å²) in [6, 6.07) is 21.3. The molecular weight excluding hydrogens is 821 g/mol. The van der Waals surface area contributed by atoms with Crippen molar-refractivity contribution in [2.75, 3.05) is 50.8 Å². The van der Waals surface area contributed by atoms with Crippen LogP contribution in [-0.2, 0) is 17.8 Å². The highest BCUT2D eigenvalue weighted by atomic mass is 32.1. The third kappa shape index (κ3) is 7.83. The first kappa shape index (κ1) is 39.6. The van der Waals surface area contributed by atoms with Crippen LogP contribution in [-0.4, -0.2) is 114 Å². The van der Waals surface area contributed by atoms with E-state index in [9.17, 15) is 9.59 Å². The number of nitrogens with one attached hydrogen (secondary N) is 2. The molecule has 0 saturated carbocycles. The number of ether oxygens (including phenoxy) is 4. The van der Waals surface area contributed by atoms with Crippen LogP contribution in [0.15, 0.2) is 85.3 Å². The zero-order valence-electron chi connectivity index (χ0n) is 33.1. The lowest BCUT2D eigenvalue weighted by Crippen LogP contribution is -2.48. The van der Waals surface area contributed by atoms with E-state index in [1.165, 1.54) is 6.33 Å². The second-order valence-corrected chi connectivity index (χ2v) is 15.1. The number of rotatable bonds is 9. The molecule has 0 spiro atoms. The molecule has 18 nitrogen and oxygen atoms in total. The van der Waals surface area contributed by atoms with Gasteiger partial charge in [-0.3, -0.25) is 9.59 Å². The quantitative estimate of drug-likeness (QED) is 0.201. The Bertz CT molecular complexity index is 2670. The van der Waals surface area contributed by atoms with E-state index in [1.807, 2.05) is 60.7 Å². The molecule has 2 N–H and O–H groups in total. The smallest absolute Gasteiger partial charge is 0.291 e. The van der Waals surface area contributed by atoms with Crippen molar-refractivity contribution in [3.05, 3.63) is 114 Å². The topological polar surface area (TPSA) is 189 Å². The Kier molecular flexibility index (Phi) is 10.8. The van der Waals surface area contributed by atoms with Gasteiger partial charge in [0.15, 0.2) is 29.0 Å². The second kappa shape index (κ2) is 16.6. The minimum Gasteiger partial charge on any atom is -0.496 e. The molecule has 7 heterocycles. The van der Waals surface area contributed by atoms with Gasteiger partial charge in [0.05, 0.1) is 32.5 Å². The van der Waals surface area contributed by atoms with Crippen molar-refractivity contribution in [3.8, 4) is 28.5 Å². The van der Waals surface area contributed by atoms with Crippen LogP contribution in [0, 0.1) is 0 Å². The maximum Gasteiger partial charge on any atom is 0.291 e. The predicted molar refractivity (Wildman–Crippen MR) is 229 cm³/mol. The Morgan fingerprint density at radius 3 is 2.30 bits per heavy atom. The number of carbonyl (C=O) groups is 2. The Morgan fingerprint density at radius 1 is 0.820 bits per heavy atom. The van der Waals surface area contributed by atoms with Gasteiger partial charge in [-0.25, -0.2) is 29.3 Å². The number of carbonyl (C=O) groups excluding carboxylic acids is 2. The number of anilines is 2. The number of aromatic nitrogens is 8. The average molecular weight is 859 g/mol. The molecular formula is C41H38N12O6S2. The molecule has 6 aromatic rings. The van der Waals surface area contributed by atoms with Crippen molar-refractivity contribution in [3.63, 3.8) is 0 Å². The van der Waals surface area contributed by atoms with Crippen LogP contribution in [0.4, 0.5) is 11.6 Å². The van der Waals surface area contributed by atoms with Gasteiger partial charge >= 0.3 is 0 Å². The molecule has 3 aliphatic heterocycles. The summed E-state index contributed by atoms with van der Waals surface area (Å²) in [5.41, 5.74) is 3.13. The standard InChI is InChI=1S/C41H38N12O6S2/c1-50-35-29(10-7-15-42-35)58-20-27(40(50)60)45-38(54)33-43-22-52(48-33)19-25-12-11-24(18-31(25)56-3)26-13-14-30-36(44-26)51(2)41(61)28(21-59-30)46-39(55)34-47-37-32(23-8-5-4-6-9-23)57-17-16-53(37)49-34/h4-15,18,22,27-28,32H,16-17,19-21H2,1-3H3,(H,45,54)(H,46,55)/t27-,28-,32-/m0/s1. The van der Waals surface area contributed by atoms with Gasteiger partial charge in [0.2, 0.25) is 11.6 Å². The molecule has 2 aromatic carbocycles. The number of amides is 2. The zero-order valence-corrected chi connectivity index (χ0v) is 34.7. The minimum absolute atomic E-state index is 0.0186. The Balaban J connectivity index is 0.854. The highest BCUT2D eigenvalue weighted by molar-refractivity contribution is 7.81. The highest BCUT2D eigenvalue weighted by Gasteiger charge is 2.33. The van der Waals surface area contributed by atoms with E-state index in [0.717, 1.165) is 16.7 Å². The van der Waals surface area contributed by atoms with Crippen molar-refractivity contribution >= 4 is 57.9 Å². The number of pyridine rings is 2. The molecule has 0 unspecified atom stereocenters. The number of methoxy groups -OCH3 is 1. The summed E-state index contributed by atoms with van der Waals surface area (Å²) < 4.78 is 27.1. The fraction of sp³-hybridized carbons (Fsp3) is 0.268. The molecule has 0 bridgehead atoms. The lowest BCUT2D eigenvalue weighted by molar-refractivity contribution is 0.0389. The van der Waals surface area contributed by atoms with Crippen molar-refractivity contribution in [1.82, 2.24) is 50.1 Å². The van der Waals surface area contributed by atoms with Crippen molar-refractivity contribution in [2.24, 2.45) is 0 Å². The van der Waals surface area contributed by atoms with Crippen molar-refractivity contribution in [2.45, 2.75) is 31.3 Å². The fourth-order valence-electron chi connectivity index (χ4n) is 7.21. The van der Waals surface area contributed by atoms with Crippen LogP contribution in [0.25, 0.3) is 11.3 Å². The molecule has 0 fully saturated rings. The van der Waals surface area contributed by atoms with E-state index in [1.54, 1.807) is 58.7 Å². The Hall–Kier alpha value is -6.90. The van der Waals surface area contributed by atoms with Crippen molar-refractivity contribution < 1.29 is 28.5 Å². The summed E-state index contributed by atoms with van der Waals surface area (Å²) in [5, 5.41) is 14.8. The molecule has 3 aliphatic rings. The molecule has 0 saturated heterocycles. The normalized spacial score (nSPS) is 18.4. The lowest BCUT2D eigenvalue weighted by atomic mass is 10.1. The van der Waals surface area contributed by atoms with Crippen LogP contribution < -0.4 is 34.6 Å². The number of likely N-dealkylation sites (N-methyl/N-ethyl adjacent to an activating group) is 2. The number of hydrogen-bond acceptors (Lipinski definition) is 14. The third-order valence-corrected chi connectivity index (χ3v) is 11.5. The maximum atomic E-state index is 13.5. The summed E-state index contributed by atoms with van der Waals surface area (Å²) in [5.74, 6) is 2.28. The van der Waals surface area contributed by atoms with Crippen LogP contribution in [0.5, 0.6) is 17.2 Å². The van der Waals surface area contributed by atoms with Crippen LogP contribution in [0.1, 0.15) is 44.3 Å². The van der Waals surface area contributed by atoms with E-state index >= 15 is 0 Å². The molecule has 310 valence electrons. The van der Waals surface area contributed by atoms with Gasteiger partial charge in [0.1, 0.15) is 53.5 Å². The first-order chi connectivity index (χ1) is 29.6. The number of hydrogen-bond donors (Lipinski definition) is 2. The number of fused-ring (bicyclic) bond motifs is 3. The van der Waals surface area contributed by atoms with E-state index in [0.29, 0.717) is 63.5 Å². The van der Waals surface area contributed by atoms with E-state index < -0.39 is 30.0 Å². The average Bonchev–Trinajstić information content (AvgIpc) is 3.92. The minimum atomic E-state index is -0.671. The summed E-state index contributed by atoms with van der Waals surface area (Å²) in [6.45, 7) is 1.40. The number of benzene rings is 2. The van der Waals surface area contributed by atoms with Crippen LogP contribution >= 0.6 is 24.4 Å². The van der Waals surface area contributed by atoms with E-state index in [2.05, 4.69) is 35.8 Å². The summed E-state index contributed by atoms with van der Waals surface area (Å²) in [7, 11) is 5.14. The number of nitrogens with zero attached hydrogens (tertiary/aromatic N) is 10. The Labute approximate surface area is 359 Å². The molecule has 0 aliphatic carbocycles. The van der Waals surface area contributed by atoms with E-state index in [4.69, 9.17) is 48.4 Å². The summed E-state index contributed by atoms with van der Waals surface area (Å²) in [4.78, 5) is 49.2. The number of thiocarbonyl (C=S) groups is 2. The van der Waals surface area contributed by atoms with Gasteiger partial charge in [0.25, 0.3) is 11.8 Å². The van der Waals surface area contributed by atoms with Crippen LogP contribution in [0.3, 0.4) is 0 Å². The largest absolute Gasteiger partial charge is 0.496 e. The maximum absolute atomic E-state index is 13.5. The van der Waals surface area contributed by atoms with Gasteiger partial charge in [-0.1, -0.05) is 66.9 Å². The molecule has 61 heavy (non-hydrogen) atoms. The molecule has 9 rings (SSSR count). The SMILES string of the molecule is COc1cc(-c2ccc3c(n2)N(C)C(=S)[C@@H](NC(=O)c2nc4n(n2)CCO[C@H]4c2ccccc2)CO3)ccc1Cn1cnc(C(=O)N[C@H]2COc3cccnc3N(C)C2=S)n1. The first-order valence-electron chi connectivity index (χ1n) is 19.2. The predicted octanol–water partition coefficient (Wildman–Crippen LogP) is 3.41. The van der Waals surface area contributed by atoms with Gasteiger partial charge < -0.3 is 39.4 Å². The van der Waals surface area contributed by atoms with Gasteiger partial charge in [-0.15, -0.1) is 10.2 Å². The van der Waals surface area contributed by atoms with Crippen LogP contribution in [0.2, 0.25) is 0 Å². The van der Waals surface area contributed by atoms with Gasteiger partial charge in [0, 0.05) is 31.4 Å². The molecule has 0 radical (unpaired) electrons. The highest BCUT2D eigenvalue weighted by Crippen LogP contribution is 2.35. The van der Waals surface area contributed by atoms with E-state index in [-0.39, 0.29) is 31.4 Å². The third-order valence-electron chi connectivity index (χ3n) is 10.4. The van der Waals surface area contributed by atoms with Gasteiger partial charge in [-0.05, 0) is 35.9 Å². The molecule has 3 atom stereocenters.